The van der Waals surface area contributed by atoms with Crippen LogP contribution in [0.4, 0.5) is 8.78 Å². The quantitative estimate of drug-likeness (QED) is 0.612. The maximum absolute atomic E-state index is 13.4. The molecule has 4 nitrogen and oxygen atoms in total. The van der Waals surface area contributed by atoms with Crippen LogP contribution in [-0.4, -0.2) is 41.7 Å². The molecule has 1 heterocycles. The highest BCUT2D eigenvalue weighted by molar-refractivity contribution is 5.66. The molecule has 1 N–H and O–H groups in total. The number of hydrogen-bond acceptors (Lipinski definition) is 3. The maximum Gasteiger partial charge on any atom is 0.303 e. The predicted octanol–water partition coefficient (Wildman–Crippen LogP) is 4.79. The summed E-state index contributed by atoms with van der Waals surface area (Å²) in [5.41, 5.74) is 1.68. The average molecular weight is 403 g/mol. The standard InChI is InChI=1S/C23H27F2NO3/c24-19-8-4-17(5-9-19)23(18-6-10-20(25)11-7-18)29-21-12-15-26(16-13-21)14-2-1-3-22(27)28/h4-11,21,23H,1-3,12-16H2,(H,27,28). The van der Waals surface area contributed by atoms with Crippen LogP contribution in [0, 0.1) is 11.6 Å². The van der Waals surface area contributed by atoms with E-state index in [0.717, 1.165) is 50.0 Å². The van der Waals surface area contributed by atoms with Crippen LogP contribution in [0.25, 0.3) is 0 Å². The van der Waals surface area contributed by atoms with E-state index in [0.29, 0.717) is 6.42 Å². The number of carbonyl (C=O) groups is 1. The molecule has 1 saturated heterocycles. The van der Waals surface area contributed by atoms with Gasteiger partial charge in [0.1, 0.15) is 17.7 Å². The van der Waals surface area contributed by atoms with E-state index in [1.165, 1.54) is 24.3 Å². The van der Waals surface area contributed by atoms with Crippen LogP contribution in [0.2, 0.25) is 0 Å². The van der Waals surface area contributed by atoms with Gasteiger partial charge < -0.3 is 14.7 Å². The molecule has 1 aliphatic heterocycles. The predicted molar refractivity (Wildman–Crippen MR) is 107 cm³/mol. The van der Waals surface area contributed by atoms with E-state index >= 15 is 0 Å². The average Bonchev–Trinajstić information content (AvgIpc) is 2.72. The summed E-state index contributed by atoms with van der Waals surface area (Å²) in [4.78, 5) is 12.9. The highest BCUT2D eigenvalue weighted by Crippen LogP contribution is 2.30. The number of aliphatic carboxylic acids is 1. The molecule has 0 spiro atoms. The third-order valence-electron chi connectivity index (χ3n) is 5.32. The Balaban J connectivity index is 1.58. The van der Waals surface area contributed by atoms with Gasteiger partial charge in [-0.15, -0.1) is 0 Å². The molecule has 1 fully saturated rings. The first-order valence-corrected chi connectivity index (χ1v) is 10.1. The van der Waals surface area contributed by atoms with Gasteiger partial charge >= 0.3 is 5.97 Å². The topological polar surface area (TPSA) is 49.8 Å². The Morgan fingerprint density at radius 2 is 1.48 bits per heavy atom. The number of carboxylic acid groups (broad SMARTS) is 1. The fourth-order valence-corrected chi connectivity index (χ4v) is 3.70. The summed E-state index contributed by atoms with van der Waals surface area (Å²) in [6, 6.07) is 12.5. The Kier molecular flexibility index (Phi) is 7.72. The van der Waals surface area contributed by atoms with E-state index in [1.54, 1.807) is 24.3 Å². The Morgan fingerprint density at radius 3 is 1.97 bits per heavy atom. The highest BCUT2D eigenvalue weighted by Gasteiger charge is 2.24. The van der Waals surface area contributed by atoms with E-state index in [9.17, 15) is 13.6 Å². The highest BCUT2D eigenvalue weighted by atomic mass is 19.1. The SMILES string of the molecule is O=C(O)CCCCN1CCC(OC(c2ccc(F)cc2)c2ccc(F)cc2)CC1. The first-order valence-electron chi connectivity index (χ1n) is 10.1. The zero-order chi connectivity index (χ0) is 20.6. The van der Waals surface area contributed by atoms with E-state index in [-0.39, 0.29) is 30.3 Å². The molecule has 0 bridgehead atoms. The second-order valence-electron chi connectivity index (χ2n) is 7.51. The molecule has 0 saturated carbocycles. The van der Waals surface area contributed by atoms with E-state index < -0.39 is 5.97 Å². The van der Waals surface area contributed by atoms with E-state index in [1.807, 2.05) is 0 Å². The summed E-state index contributed by atoms with van der Waals surface area (Å²) < 4.78 is 33.1. The normalized spacial score (nSPS) is 15.7. The fraction of sp³-hybridized carbons (Fsp3) is 0.435. The zero-order valence-electron chi connectivity index (χ0n) is 16.4. The minimum atomic E-state index is -0.746. The van der Waals surface area contributed by atoms with Crippen LogP contribution >= 0.6 is 0 Å². The van der Waals surface area contributed by atoms with Crippen molar-refractivity contribution in [2.24, 2.45) is 0 Å². The number of unbranched alkanes of at least 4 members (excludes halogenated alkanes) is 1. The number of carboxylic acids is 1. The summed E-state index contributed by atoms with van der Waals surface area (Å²) in [5.74, 6) is -1.35. The molecule has 29 heavy (non-hydrogen) atoms. The second-order valence-corrected chi connectivity index (χ2v) is 7.51. The molecule has 2 aromatic carbocycles. The molecule has 6 heteroatoms. The molecule has 156 valence electrons. The van der Waals surface area contributed by atoms with Gasteiger partial charge in [-0.25, -0.2) is 8.78 Å². The monoisotopic (exact) mass is 403 g/mol. The summed E-state index contributed by atoms with van der Waals surface area (Å²) in [6.45, 7) is 2.70. The fourth-order valence-electron chi connectivity index (χ4n) is 3.70. The van der Waals surface area contributed by atoms with Crippen molar-refractivity contribution in [3.05, 3.63) is 71.3 Å². The molecule has 0 aliphatic carbocycles. The number of benzene rings is 2. The van der Waals surface area contributed by atoms with E-state index in [4.69, 9.17) is 9.84 Å². The lowest BCUT2D eigenvalue weighted by Crippen LogP contribution is -2.38. The lowest BCUT2D eigenvalue weighted by Gasteiger charge is -2.34. The lowest BCUT2D eigenvalue weighted by atomic mass is 9.99. The van der Waals surface area contributed by atoms with Crippen LogP contribution in [0.1, 0.15) is 49.3 Å². The number of nitrogens with zero attached hydrogens (tertiary/aromatic N) is 1. The van der Waals surface area contributed by atoms with Crippen LogP contribution in [0.15, 0.2) is 48.5 Å². The number of ether oxygens (including phenoxy) is 1. The van der Waals surface area contributed by atoms with Crippen molar-refractivity contribution in [2.45, 2.75) is 44.3 Å². The maximum atomic E-state index is 13.4. The van der Waals surface area contributed by atoms with Crippen molar-refractivity contribution in [1.29, 1.82) is 0 Å². The molecule has 0 atom stereocenters. The Bertz CT molecular complexity index is 726. The Hall–Kier alpha value is -2.31. The molecule has 0 radical (unpaired) electrons. The van der Waals surface area contributed by atoms with Crippen LogP contribution < -0.4 is 0 Å². The van der Waals surface area contributed by atoms with Crippen molar-refractivity contribution in [1.82, 2.24) is 4.90 Å². The molecule has 0 amide bonds. The third kappa shape index (κ3) is 6.61. The lowest BCUT2D eigenvalue weighted by molar-refractivity contribution is -0.137. The van der Waals surface area contributed by atoms with Crippen molar-refractivity contribution >= 4 is 5.97 Å². The number of piperidine rings is 1. The van der Waals surface area contributed by atoms with Crippen molar-refractivity contribution < 1.29 is 23.4 Å². The summed E-state index contributed by atoms with van der Waals surface area (Å²) >= 11 is 0. The van der Waals surface area contributed by atoms with Gasteiger partial charge in [0.05, 0.1) is 6.10 Å². The first kappa shape index (κ1) is 21.4. The van der Waals surface area contributed by atoms with Gasteiger partial charge in [-0.3, -0.25) is 4.79 Å². The molecule has 3 rings (SSSR count). The van der Waals surface area contributed by atoms with Crippen LogP contribution in [0.3, 0.4) is 0 Å². The zero-order valence-corrected chi connectivity index (χ0v) is 16.4. The number of rotatable bonds is 9. The molecule has 2 aromatic rings. The number of hydrogen-bond donors (Lipinski definition) is 1. The van der Waals surface area contributed by atoms with Gasteiger partial charge in [-0.1, -0.05) is 24.3 Å². The van der Waals surface area contributed by atoms with Gasteiger partial charge in [0.25, 0.3) is 0 Å². The number of likely N-dealkylation sites (tertiary alicyclic amines) is 1. The second kappa shape index (κ2) is 10.5. The van der Waals surface area contributed by atoms with E-state index in [2.05, 4.69) is 4.90 Å². The van der Waals surface area contributed by atoms with Gasteiger partial charge in [0.2, 0.25) is 0 Å². The molecule has 1 aliphatic rings. The summed E-state index contributed by atoms with van der Waals surface area (Å²) in [5, 5.41) is 8.72. The van der Waals surface area contributed by atoms with Crippen LogP contribution in [0.5, 0.6) is 0 Å². The largest absolute Gasteiger partial charge is 0.481 e. The Morgan fingerprint density at radius 1 is 0.966 bits per heavy atom. The van der Waals surface area contributed by atoms with Crippen LogP contribution in [-0.2, 0) is 9.53 Å². The number of halogens is 2. The smallest absolute Gasteiger partial charge is 0.303 e. The molecular formula is C23H27F2NO3. The van der Waals surface area contributed by atoms with Crippen molar-refractivity contribution in [3.63, 3.8) is 0 Å². The van der Waals surface area contributed by atoms with Crippen molar-refractivity contribution in [2.75, 3.05) is 19.6 Å². The van der Waals surface area contributed by atoms with Gasteiger partial charge in [-0.05, 0) is 67.6 Å². The summed E-state index contributed by atoms with van der Waals surface area (Å²) in [6.07, 6.45) is 3.23. The molecule has 0 unspecified atom stereocenters. The third-order valence-corrected chi connectivity index (χ3v) is 5.32. The van der Waals surface area contributed by atoms with Gasteiger partial charge in [0, 0.05) is 19.5 Å². The molecule has 0 aromatic heterocycles. The summed E-state index contributed by atoms with van der Waals surface area (Å²) in [7, 11) is 0. The molecular weight excluding hydrogens is 376 g/mol. The minimum absolute atomic E-state index is 0.0605. The Labute approximate surface area is 170 Å². The van der Waals surface area contributed by atoms with Gasteiger partial charge in [0.15, 0.2) is 0 Å². The van der Waals surface area contributed by atoms with Gasteiger partial charge in [-0.2, -0.15) is 0 Å². The minimum Gasteiger partial charge on any atom is -0.481 e. The first-order chi connectivity index (χ1) is 14.0. The van der Waals surface area contributed by atoms with Crippen molar-refractivity contribution in [3.8, 4) is 0 Å².